The number of carbonyl (C=O) groups excluding carboxylic acids is 2. The summed E-state index contributed by atoms with van der Waals surface area (Å²) < 4.78 is 19.8. The summed E-state index contributed by atoms with van der Waals surface area (Å²) >= 11 is 0. The Hall–Kier alpha value is -3.82. The van der Waals surface area contributed by atoms with Crippen LogP contribution in [0.2, 0.25) is 0 Å². The highest BCUT2D eigenvalue weighted by atomic mass is 19.1. The normalized spacial score (nSPS) is 16.7. The number of rotatable bonds is 7. The van der Waals surface area contributed by atoms with Gasteiger partial charge in [-0.05, 0) is 17.7 Å². The maximum atomic E-state index is 14.6. The van der Waals surface area contributed by atoms with Gasteiger partial charge in [-0.25, -0.2) is 9.79 Å². The van der Waals surface area contributed by atoms with E-state index in [1.165, 1.54) is 30.2 Å². The lowest BCUT2D eigenvalue weighted by atomic mass is 10.1. The van der Waals surface area contributed by atoms with Crippen LogP contribution in [0.1, 0.15) is 12.5 Å². The molecule has 10 heteroatoms. The van der Waals surface area contributed by atoms with Crippen LogP contribution in [0, 0.1) is 5.82 Å². The number of ether oxygens (including phenoxy) is 1. The van der Waals surface area contributed by atoms with Gasteiger partial charge in [0.05, 0.1) is 18.8 Å². The van der Waals surface area contributed by atoms with Gasteiger partial charge in [0.15, 0.2) is 12.0 Å². The largest absolute Gasteiger partial charge is 0.442 e. The molecule has 1 aliphatic rings. The first-order valence-electron chi connectivity index (χ1n) is 9.24. The van der Waals surface area contributed by atoms with Crippen molar-refractivity contribution in [2.75, 3.05) is 18.0 Å². The molecule has 1 aromatic heterocycles. The van der Waals surface area contributed by atoms with Crippen molar-refractivity contribution in [2.24, 2.45) is 10.9 Å². The molecule has 0 radical (unpaired) electrons. The van der Waals surface area contributed by atoms with Crippen molar-refractivity contribution < 1.29 is 23.7 Å². The van der Waals surface area contributed by atoms with E-state index in [0.29, 0.717) is 17.8 Å². The second kappa shape index (κ2) is 9.59. The molecule has 1 fully saturated rings. The third kappa shape index (κ3) is 5.37. The second-order valence-corrected chi connectivity index (χ2v) is 6.66. The van der Waals surface area contributed by atoms with Crippen LogP contribution in [-0.4, -0.2) is 48.1 Å². The molecule has 156 valence electrons. The fraction of sp³-hybridized carbons (Fsp3) is 0.250. The van der Waals surface area contributed by atoms with Gasteiger partial charge in [-0.3, -0.25) is 14.7 Å². The quantitative estimate of drug-likeness (QED) is 0.335. The topological polar surface area (TPSA) is 124 Å². The maximum absolute atomic E-state index is 14.6. The molecule has 0 aliphatic carbocycles. The summed E-state index contributed by atoms with van der Waals surface area (Å²) in [5.74, 6) is 4.65. The average molecular weight is 413 g/mol. The molecule has 1 atom stereocenters. The number of hydrogen-bond acceptors (Lipinski definition) is 6. The third-order valence-electron chi connectivity index (χ3n) is 4.39. The van der Waals surface area contributed by atoms with Gasteiger partial charge in [0.25, 0.3) is 0 Å². The van der Waals surface area contributed by atoms with E-state index in [0.717, 1.165) is 5.56 Å². The third-order valence-corrected chi connectivity index (χ3v) is 4.39. The molecule has 3 rings (SSSR count). The lowest BCUT2D eigenvalue weighted by Gasteiger charge is -2.12. The predicted molar refractivity (Wildman–Crippen MR) is 109 cm³/mol. The zero-order valence-electron chi connectivity index (χ0n) is 16.3. The minimum atomic E-state index is -0.592. The molecule has 1 aromatic carbocycles. The number of hydrazone groups is 1. The summed E-state index contributed by atoms with van der Waals surface area (Å²) in [4.78, 5) is 31.3. The van der Waals surface area contributed by atoms with Crippen LogP contribution in [0.5, 0.6) is 0 Å². The molecule has 2 aromatic rings. The molecule has 2 amide bonds. The second-order valence-electron chi connectivity index (χ2n) is 6.66. The zero-order valence-corrected chi connectivity index (χ0v) is 16.3. The van der Waals surface area contributed by atoms with Crippen molar-refractivity contribution in [1.82, 2.24) is 10.3 Å². The first-order valence-corrected chi connectivity index (χ1v) is 9.24. The Morgan fingerprint density at radius 2 is 2.33 bits per heavy atom. The fourth-order valence-corrected chi connectivity index (χ4v) is 2.89. The van der Waals surface area contributed by atoms with Gasteiger partial charge in [0, 0.05) is 37.9 Å². The van der Waals surface area contributed by atoms with Crippen LogP contribution < -0.4 is 21.1 Å². The monoisotopic (exact) mass is 413 g/mol. The summed E-state index contributed by atoms with van der Waals surface area (Å²) in [6, 6.07) is 8.03. The van der Waals surface area contributed by atoms with E-state index >= 15 is 0 Å². The molecule has 2 heterocycles. The Kier molecular flexibility index (Phi) is 6.68. The van der Waals surface area contributed by atoms with E-state index in [2.05, 4.69) is 20.4 Å². The van der Waals surface area contributed by atoms with Crippen LogP contribution >= 0.6 is 0 Å². The van der Waals surface area contributed by atoms with E-state index in [1.54, 1.807) is 24.5 Å². The van der Waals surface area contributed by atoms with Crippen LogP contribution in [0.15, 0.2) is 47.8 Å². The van der Waals surface area contributed by atoms with Crippen LogP contribution in [0.4, 0.5) is 20.6 Å². The van der Waals surface area contributed by atoms with Crippen molar-refractivity contribution in [3.63, 3.8) is 0 Å². The van der Waals surface area contributed by atoms with Gasteiger partial charge in [0.2, 0.25) is 11.6 Å². The van der Waals surface area contributed by atoms with Crippen LogP contribution in [0.25, 0.3) is 0 Å². The van der Waals surface area contributed by atoms with E-state index in [9.17, 15) is 14.0 Å². The van der Waals surface area contributed by atoms with Crippen molar-refractivity contribution in [2.45, 2.75) is 19.4 Å². The summed E-state index contributed by atoms with van der Waals surface area (Å²) in [5, 5.41) is 6.30. The Morgan fingerprint density at radius 3 is 3.00 bits per heavy atom. The standard InChI is InChI=1S/C20H21FN6O3/c1-13(28)24-11-17-12-27(20(29)30-17)16-4-5-19(18(21)8-16)25-10-15(26-22)7-14-3-2-6-23-9-14/h2-6,8-10,17H,7,11-12,22H2,1H3,(H,24,28)/p+1/b25-10?,26-15-/t17-/m0/s1. The highest BCUT2D eigenvalue weighted by molar-refractivity contribution is 6.29. The predicted octanol–water partition coefficient (Wildman–Crippen LogP) is 0.0223. The summed E-state index contributed by atoms with van der Waals surface area (Å²) in [6.07, 6.45) is 4.23. The fourth-order valence-electron chi connectivity index (χ4n) is 2.89. The number of nitrogens with two attached hydrogens (primary N) is 1. The molecule has 0 spiro atoms. The molecular formula is C20H22FN6O3+. The van der Waals surface area contributed by atoms with Gasteiger partial charge >= 0.3 is 6.09 Å². The molecule has 0 saturated carbocycles. The van der Waals surface area contributed by atoms with Crippen molar-refractivity contribution >= 4 is 35.3 Å². The minimum Gasteiger partial charge on any atom is -0.442 e. The number of halogens is 1. The van der Waals surface area contributed by atoms with Crippen molar-refractivity contribution in [3.8, 4) is 0 Å². The Labute approximate surface area is 172 Å². The SMILES string of the molecule is CC(=O)NC[C@H]1CN(c2ccc([NH+]=C/C(Cc3cccnc3)=N\N)c(F)c2)C(=O)O1. The Bertz CT molecular complexity index is 980. The number of pyridine rings is 1. The number of aromatic nitrogens is 1. The van der Waals surface area contributed by atoms with Crippen molar-refractivity contribution in [3.05, 3.63) is 54.1 Å². The summed E-state index contributed by atoms with van der Waals surface area (Å²) in [7, 11) is 0. The van der Waals surface area contributed by atoms with E-state index < -0.39 is 18.0 Å². The van der Waals surface area contributed by atoms with E-state index in [-0.39, 0.29) is 24.7 Å². The molecule has 1 aliphatic heterocycles. The number of nitrogens with zero attached hydrogens (tertiary/aromatic N) is 3. The van der Waals surface area contributed by atoms with Gasteiger partial charge < -0.3 is 15.9 Å². The lowest BCUT2D eigenvalue weighted by Crippen LogP contribution is -2.63. The first kappa shape index (κ1) is 20.9. The van der Waals surface area contributed by atoms with Gasteiger partial charge in [-0.1, -0.05) is 6.07 Å². The van der Waals surface area contributed by atoms with Gasteiger partial charge in [-0.2, -0.15) is 9.49 Å². The zero-order chi connectivity index (χ0) is 21.5. The molecule has 30 heavy (non-hydrogen) atoms. The maximum Gasteiger partial charge on any atom is 0.414 e. The van der Waals surface area contributed by atoms with Gasteiger partial charge in [-0.15, -0.1) is 0 Å². The number of anilines is 1. The molecule has 0 bridgehead atoms. The smallest absolute Gasteiger partial charge is 0.414 e. The molecule has 9 nitrogen and oxygen atoms in total. The average Bonchev–Trinajstić information content (AvgIpc) is 3.11. The number of carbonyl (C=O) groups is 2. The van der Waals surface area contributed by atoms with E-state index in [4.69, 9.17) is 10.6 Å². The highest BCUT2D eigenvalue weighted by Gasteiger charge is 2.32. The number of hydrogen-bond donors (Lipinski definition) is 3. The Balaban J connectivity index is 1.67. The summed E-state index contributed by atoms with van der Waals surface area (Å²) in [5.41, 5.74) is 1.98. The highest BCUT2D eigenvalue weighted by Crippen LogP contribution is 2.24. The number of benzene rings is 1. The van der Waals surface area contributed by atoms with Crippen molar-refractivity contribution in [1.29, 1.82) is 0 Å². The Morgan fingerprint density at radius 1 is 1.50 bits per heavy atom. The number of cyclic esters (lactones) is 1. The summed E-state index contributed by atoms with van der Waals surface area (Å²) in [6.45, 7) is 1.80. The lowest BCUT2D eigenvalue weighted by molar-refractivity contribution is -0.348. The van der Waals surface area contributed by atoms with Gasteiger partial charge in [0.1, 0.15) is 11.8 Å². The first-order chi connectivity index (χ1) is 14.5. The molecule has 1 saturated heterocycles. The number of amides is 2. The van der Waals surface area contributed by atoms with Crippen LogP contribution in [0.3, 0.4) is 0 Å². The van der Waals surface area contributed by atoms with Crippen LogP contribution in [-0.2, 0) is 16.0 Å². The molecule has 0 unspecified atom stereocenters. The molecular weight excluding hydrogens is 391 g/mol. The number of nitrogens with one attached hydrogen (secondary N) is 2. The molecule has 4 N–H and O–H groups in total. The van der Waals surface area contributed by atoms with E-state index in [1.807, 2.05) is 6.07 Å². The minimum absolute atomic E-state index is 0.201.